The molecule has 2 heteroatoms. The van der Waals surface area contributed by atoms with Crippen molar-refractivity contribution in [1.29, 1.82) is 0 Å². The highest BCUT2D eigenvalue weighted by atomic mass is 16.3. The number of nitrogens with zero attached hydrogens (tertiary/aromatic N) is 1. The van der Waals surface area contributed by atoms with Crippen LogP contribution >= 0.6 is 0 Å². The molecule has 0 radical (unpaired) electrons. The van der Waals surface area contributed by atoms with Crippen LogP contribution in [-0.4, -0.2) is 35.2 Å². The van der Waals surface area contributed by atoms with Gasteiger partial charge in [0.2, 0.25) is 0 Å². The lowest BCUT2D eigenvalue weighted by molar-refractivity contribution is 0.106. The van der Waals surface area contributed by atoms with Crippen LogP contribution in [0.5, 0.6) is 0 Å². The van der Waals surface area contributed by atoms with Gasteiger partial charge in [0.05, 0.1) is 6.10 Å². The van der Waals surface area contributed by atoms with Crippen molar-refractivity contribution >= 4 is 0 Å². The molecular formula is C16H31NO. The monoisotopic (exact) mass is 253 g/mol. The van der Waals surface area contributed by atoms with E-state index in [2.05, 4.69) is 18.7 Å². The summed E-state index contributed by atoms with van der Waals surface area (Å²) < 4.78 is 0. The number of hydrogen-bond acceptors (Lipinski definition) is 2. The van der Waals surface area contributed by atoms with Crippen molar-refractivity contribution in [3.05, 3.63) is 0 Å². The van der Waals surface area contributed by atoms with E-state index < -0.39 is 0 Å². The zero-order chi connectivity index (χ0) is 13.0. The first-order chi connectivity index (χ1) is 8.66. The predicted molar refractivity (Wildman–Crippen MR) is 76.6 cm³/mol. The molecule has 2 rings (SSSR count). The molecule has 0 aromatic rings. The maximum atomic E-state index is 9.93. The van der Waals surface area contributed by atoms with Gasteiger partial charge in [-0.3, -0.25) is 0 Å². The summed E-state index contributed by atoms with van der Waals surface area (Å²) in [6.45, 7) is 7.11. The van der Waals surface area contributed by atoms with Crippen LogP contribution in [0, 0.1) is 11.8 Å². The van der Waals surface area contributed by atoms with Crippen LogP contribution in [0.15, 0.2) is 0 Å². The number of rotatable bonds is 6. The van der Waals surface area contributed by atoms with Gasteiger partial charge in [0.25, 0.3) is 0 Å². The Hall–Kier alpha value is -0.0800. The molecule has 2 saturated carbocycles. The summed E-state index contributed by atoms with van der Waals surface area (Å²) in [5.74, 6) is 1.35. The molecular weight excluding hydrogens is 222 g/mol. The Morgan fingerprint density at radius 3 is 2.33 bits per heavy atom. The van der Waals surface area contributed by atoms with Gasteiger partial charge in [-0.25, -0.2) is 0 Å². The molecule has 0 heterocycles. The molecule has 2 atom stereocenters. The molecule has 2 fully saturated rings. The molecule has 18 heavy (non-hydrogen) atoms. The van der Waals surface area contributed by atoms with Crippen molar-refractivity contribution in [1.82, 2.24) is 4.90 Å². The van der Waals surface area contributed by atoms with E-state index in [0.29, 0.717) is 5.92 Å². The van der Waals surface area contributed by atoms with Gasteiger partial charge in [-0.15, -0.1) is 0 Å². The number of aliphatic hydroxyl groups excluding tert-OH is 1. The van der Waals surface area contributed by atoms with Crippen molar-refractivity contribution < 1.29 is 5.11 Å². The lowest BCUT2D eigenvalue weighted by Gasteiger charge is -2.31. The third-order valence-corrected chi connectivity index (χ3v) is 4.85. The van der Waals surface area contributed by atoms with Gasteiger partial charge in [0.15, 0.2) is 0 Å². The average molecular weight is 253 g/mol. The summed E-state index contributed by atoms with van der Waals surface area (Å²) in [5.41, 5.74) is 0. The van der Waals surface area contributed by atoms with E-state index in [0.717, 1.165) is 18.4 Å². The van der Waals surface area contributed by atoms with Crippen molar-refractivity contribution in [2.45, 2.75) is 77.4 Å². The summed E-state index contributed by atoms with van der Waals surface area (Å²) in [6.07, 6.45) is 10.4. The van der Waals surface area contributed by atoms with Crippen molar-refractivity contribution in [3.63, 3.8) is 0 Å². The van der Waals surface area contributed by atoms with E-state index >= 15 is 0 Å². The van der Waals surface area contributed by atoms with E-state index in [1.54, 1.807) is 0 Å². The average Bonchev–Trinajstić information content (AvgIpc) is 2.95. The van der Waals surface area contributed by atoms with Crippen molar-refractivity contribution in [3.8, 4) is 0 Å². The Labute approximate surface area is 113 Å². The van der Waals surface area contributed by atoms with Crippen LogP contribution in [-0.2, 0) is 0 Å². The first-order valence-electron chi connectivity index (χ1n) is 8.09. The zero-order valence-electron chi connectivity index (χ0n) is 12.3. The molecule has 0 amide bonds. The summed E-state index contributed by atoms with van der Waals surface area (Å²) >= 11 is 0. The highest BCUT2D eigenvalue weighted by Gasteiger charge is 2.28. The zero-order valence-corrected chi connectivity index (χ0v) is 12.3. The van der Waals surface area contributed by atoms with E-state index in [1.807, 2.05) is 0 Å². The molecule has 106 valence electrons. The number of aliphatic hydroxyl groups is 1. The van der Waals surface area contributed by atoms with Gasteiger partial charge >= 0.3 is 0 Å². The second kappa shape index (κ2) is 6.91. The third kappa shape index (κ3) is 3.96. The second-order valence-electron chi connectivity index (χ2n) is 6.87. The maximum absolute atomic E-state index is 9.93. The summed E-state index contributed by atoms with van der Waals surface area (Å²) in [7, 11) is 0. The minimum Gasteiger partial charge on any atom is -0.393 e. The number of hydrogen-bond donors (Lipinski definition) is 1. The summed E-state index contributed by atoms with van der Waals surface area (Å²) in [4.78, 5) is 2.72. The summed E-state index contributed by atoms with van der Waals surface area (Å²) in [6, 6.07) is 0.839. The fourth-order valence-corrected chi connectivity index (χ4v) is 3.85. The van der Waals surface area contributed by atoms with Gasteiger partial charge in [-0.2, -0.15) is 0 Å². The molecule has 0 aromatic heterocycles. The van der Waals surface area contributed by atoms with Crippen LogP contribution in [0.1, 0.15) is 65.2 Å². The third-order valence-electron chi connectivity index (χ3n) is 4.85. The molecule has 1 N–H and O–H groups in total. The quantitative estimate of drug-likeness (QED) is 0.784. The molecule has 0 spiro atoms. The van der Waals surface area contributed by atoms with Gasteiger partial charge in [0, 0.05) is 12.6 Å². The van der Waals surface area contributed by atoms with E-state index in [4.69, 9.17) is 0 Å². The molecule has 0 aliphatic heterocycles. The van der Waals surface area contributed by atoms with Crippen LogP contribution in [0.25, 0.3) is 0 Å². The van der Waals surface area contributed by atoms with E-state index in [9.17, 15) is 5.11 Å². The molecule has 0 aromatic carbocycles. The molecule has 2 nitrogen and oxygen atoms in total. The van der Waals surface area contributed by atoms with Gasteiger partial charge in [0.1, 0.15) is 0 Å². The van der Waals surface area contributed by atoms with Crippen LogP contribution < -0.4 is 0 Å². The molecule has 0 bridgehead atoms. The van der Waals surface area contributed by atoms with E-state index in [1.165, 1.54) is 58.0 Å². The Bertz CT molecular complexity index is 235. The normalized spacial score (nSPS) is 29.8. The fraction of sp³-hybridized carbons (Fsp3) is 1.00. The van der Waals surface area contributed by atoms with Gasteiger partial charge in [-0.05, 0) is 50.5 Å². The van der Waals surface area contributed by atoms with E-state index in [-0.39, 0.29) is 6.10 Å². The standard InChI is InChI=1S/C16H31NO/c1-13(2)12-17(15-7-3-4-8-15)11-10-14-6-5-9-16(14)18/h13-16,18H,3-12H2,1-2H3. The molecule has 2 aliphatic carbocycles. The van der Waals surface area contributed by atoms with Gasteiger partial charge in [-0.1, -0.05) is 33.1 Å². The maximum Gasteiger partial charge on any atom is 0.0568 e. The highest BCUT2D eigenvalue weighted by Crippen LogP contribution is 2.30. The van der Waals surface area contributed by atoms with Crippen molar-refractivity contribution in [2.24, 2.45) is 11.8 Å². The largest absolute Gasteiger partial charge is 0.393 e. The Kier molecular flexibility index (Phi) is 5.50. The Morgan fingerprint density at radius 1 is 1.06 bits per heavy atom. The first kappa shape index (κ1) is 14.3. The fourth-order valence-electron chi connectivity index (χ4n) is 3.85. The SMILES string of the molecule is CC(C)CN(CCC1CCCC1O)C1CCCC1. The Morgan fingerprint density at radius 2 is 1.78 bits per heavy atom. The Balaban J connectivity index is 1.80. The molecule has 0 saturated heterocycles. The van der Waals surface area contributed by atoms with Crippen LogP contribution in [0.2, 0.25) is 0 Å². The van der Waals surface area contributed by atoms with Gasteiger partial charge < -0.3 is 10.0 Å². The minimum atomic E-state index is -0.00511. The predicted octanol–water partition coefficient (Wildman–Crippen LogP) is 3.44. The van der Waals surface area contributed by atoms with Crippen molar-refractivity contribution in [2.75, 3.05) is 13.1 Å². The van der Waals surface area contributed by atoms with Crippen LogP contribution in [0.3, 0.4) is 0 Å². The lowest BCUT2D eigenvalue weighted by atomic mass is 10.0. The molecule has 2 aliphatic rings. The second-order valence-corrected chi connectivity index (χ2v) is 6.87. The highest BCUT2D eigenvalue weighted by molar-refractivity contribution is 4.82. The first-order valence-corrected chi connectivity index (χ1v) is 8.09. The van der Waals surface area contributed by atoms with Crippen LogP contribution in [0.4, 0.5) is 0 Å². The summed E-state index contributed by atoms with van der Waals surface area (Å²) in [5, 5.41) is 9.93. The lowest BCUT2D eigenvalue weighted by Crippen LogP contribution is -2.38. The minimum absolute atomic E-state index is 0.00511. The molecule has 2 unspecified atom stereocenters. The topological polar surface area (TPSA) is 23.5 Å². The smallest absolute Gasteiger partial charge is 0.0568 e.